The van der Waals surface area contributed by atoms with E-state index in [-0.39, 0.29) is 6.61 Å². The highest BCUT2D eigenvalue weighted by atomic mass is 32.2. The normalized spacial score (nSPS) is 13.5. The minimum absolute atomic E-state index is 0.0364. The average Bonchev–Trinajstić information content (AvgIpc) is 2.38. The van der Waals surface area contributed by atoms with Gasteiger partial charge in [-0.25, -0.2) is 4.57 Å². The van der Waals surface area contributed by atoms with Crippen LogP contribution in [0.1, 0.15) is 6.92 Å². The first-order valence-electron chi connectivity index (χ1n) is 5.70. The van der Waals surface area contributed by atoms with Gasteiger partial charge >= 0.3 is 7.82 Å². The lowest BCUT2D eigenvalue weighted by Gasteiger charge is -2.16. The van der Waals surface area contributed by atoms with Crippen LogP contribution in [0.2, 0.25) is 0 Å². The van der Waals surface area contributed by atoms with E-state index in [1.807, 2.05) is 0 Å². The smallest absolute Gasteiger partial charge is 0.287 e. The topological polar surface area (TPSA) is 132 Å². The number of hydrogen-bond acceptors (Lipinski definition) is 10. The van der Waals surface area contributed by atoms with Crippen molar-refractivity contribution in [3.8, 4) is 0 Å². The zero-order chi connectivity index (χ0) is 16.6. The molecule has 21 heavy (non-hydrogen) atoms. The predicted octanol–water partition coefficient (Wildman–Crippen LogP) is 0.117. The molecule has 0 saturated heterocycles. The summed E-state index contributed by atoms with van der Waals surface area (Å²) in [6.07, 6.45) is 0. The Hall–Kier alpha value is -0.0700. The molecule has 0 aliphatic heterocycles. The quantitative estimate of drug-likeness (QED) is 0.344. The molecule has 128 valence electrons. The number of phosphoric acid groups is 1. The van der Waals surface area contributed by atoms with Gasteiger partial charge in [0, 0.05) is 0 Å². The lowest BCUT2D eigenvalue weighted by Crippen LogP contribution is -2.16. The highest BCUT2D eigenvalue weighted by molar-refractivity contribution is 7.87. The molecule has 0 unspecified atom stereocenters. The fraction of sp³-hybridized carbons (Fsp3) is 1.00. The third-order valence-corrected chi connectivity index (χ3v) is 5.88. The van der Waals surface area contributed by atoms with Crippen LogP contribution in [0.5, 0.6) is 0 Å². The van der Waals surface area contributed by atoms with E-state index in [1.54, 1.807) is 0 Å². The zero-order valence-corrected chi connectivity index (χ0v) is 14.4. The molecule has 0 spiro atoms. The Kier molecular flexibility index (Phi) is 9.12. The van der Waals surface area contributed by atoms with Crippen LogP contribution < -0.4 is 0 Å². The van der Waals surface area contributed by atoms with E-state index in [9.17, 15) is 21.4 Å². The van der Waals surface area contributed by atoms with Gasteiger partial charge in [-0.3, -0.25) is 21.9 Å². The van der Waals surface area contributed by atoms with Gasteiger partial charge < -0.3 is 0 Å². The van der Waals surface area contributed by atoms with Gasteiger partial charge in [-0.05, 0) is 6.92 Å². The summed E-state index contributed by atoms with van der Waals surface area (Å²) in [5.74, 6) is -1.11. The summed E-state index contributed by atoms with van der Waals surface area (Å²) in [6, 6.07) is 0. The lowest BCUT2D eigenvalue weighted by atomic mass is 10.9. The summed E-state index contributed by atoms with van der Waals surface area (Å²) in [5, 5.41) is 0. The second kappa shape index (κ2) is 9.16. The highest BCUT2D eigenvalue weighted by Crippen LogP contribution is 2.49. The van der Waals surface area contributed by atoms with Crippen LogP contribution in [0.4, 0.5) is 0 Å². The van der Waals surface area contributed by atoms with E-state index in [0.29, 0.717) is 0 Å². The van der Waals surface area contributed by atoms with Gasteiger partial charge in [-0.15, -0.1) is 0 Å². The van der Waals surface area contributed by atoms with Gasteiger partial charge in [0.2, 0.25) is 0 Å². The van der Waals surface area contributed by atoms with Crippen LogP contribution in [-0.4, -0.2) is 62.4 Å². The molecule has 0 aromatic rings. The standard InChI is InChI=1S/C8H19O10PS2/c1-4-16-19(9,17-5-7-20(10,11)14-2)18-6-8-21(12,13)15-3/h4-8H2,1-3H3. The molecule has 0 radical (unpaired) electrons. The summed E-state index contributed by atoms with van der Waals surface area (Å²) >= 11 is 0. The minimum atomic E-state index is -4.05. The fourth-order valence-corrected chi connectivity index (χ4v) is 3.26. The van der Waals surface area contributed by atoms with Gasteiger partial charge in [-0.1, -0.05) is 0 Å². The first-order chi connectivity index (χ1) is 9.60. The molecule has 10 nitrogen and oxygen atoms in total. The summed E-state index contributed by atoms with van der Waals surface area (Å²) in [4.78, 5) is 0. The summed E-state index contributed by atoms with van der Waals surface area (Å²) < 4.78 is 78.9. The summed E-state index contributed by atoms with van der Waals surface area (Å²) in [5.41, 5.74) is 0. The van der Waals surface area contributed by atoms with Crippen molar-refractivity contribution in [3.05, 3.63) is 0 Å². The van der Waals surface area contributed by atoms with E-state index in [4.69, 9.17) is 13.6 Å². The maximum Gasteiger partial charge on any atom is 0.474 e. The molecule has 0 aliphatic carbocycles. The predicted molar refractivity (Wildman–Crippen MR) is 72.7 cm³/mol. The van der Waals surface area contributed by atoms with Gasteiger partial charge in [0.05, 0.1) is 45.5 Å². The fourth-order valence-electron chi connectivity index (χ4n) is 0.939. The van der Waals surface area contributed by atoms with E-state index in [0.717, 1.165) is 14.2 Å². The van der Waals surface area contributed by atoms with E-state index >= 15 is 0 Å². The van der Waals surface area contributed by atoms with Crippen LogP contribution in [0, 0.1) is 0 Å². The van der Waals surface area contributed by atoms with Crippen molar-refractivity contribution in [2.75, 3.05) is 45.5 Å². The average molecular weight is 370 g/mol. The maximum atomic E-state index is 12.0. The number of hydrogen-bond donors (Lipinski definition) is 0. The largest absolute Gasteiger partial charge is 0.474 e. The molecular weight excluding hydrogens is 351 g/mol. The molecule has 0 fully saturated rings. The van der Waals surface area contributed by atoms with Gasteiger partial charge in [0.15, 0.2) is 0 Å². The lowest BCUT2D eigenvalue weighted by molar-refractivity contribution is 0.126. The van der Waals surface area contributed by atoms with E-state index < -0.39 is 52.8 Å². The number of phosphoric ester groups is 1. The summed E-state index contributed by atoms with van der Waals surface area (Å²) in [6.45, 7) is 0.484. The van der Waals surface area contributed by atoms with Crippen LogP contribution in [-0.2, 0) is 46.7 Å². The Morgan fingerprint density at radius 3 is 1.48 bits per heavy atom. The molecular formula is C8H19O10PS2. The van der Waals surface area contributed by atoms with Crippen molar-refractivity contribution in [3.63, 3.8) is 0 Å². The molecule has 0 bridgehead atoms. The molecule has 13 heteroatoms. The van der Waals surface area contributed by atoms with Crippen LogP contribution in [0.25, 0.3) is 0 Å². The summed E-state index contributed by atoms with van der Waals surface area (Å²) in [7, 11) is -9.66. The van der Waals surface area contributed by atoms with Crippen LogP contribution >= 0.6 is 7.82 Å². The molecule has 0 saturated carbocycles. The second-order valence-electron chi connectivity index (χ2n) is 3.39. The van der Waals surface area contributed by atoms with Crippen molar-refractivity contribution in [1.29, 1.82) is 0 Å². The van der Waals surface area contributed by atoms with Crippen LogP contribution in [0.15, 0.2) is 0 Å². The molecule has 0 rings (SSSR count). The SMILES string of the molecule is CCOP(=O)(OCCS(=O)(=O)OC)OCCS(=O)(=O)OC. The Morgan fingerprint density at radius 2 is 1.19 bits per heavy atom. The third kappa shape index (κ3) is 9.53. The van der Waals surface area contributed by atoms with Gasteiger partial charge in [0.25, 0.3) is 20.2 Å². The highest BCUT2D eigenvalue weighted by Gasteiger charge is 2.28. The Labute approximate surface area is 124 Å². The minimum Gasteiger partial charge on any atom is -0.287 e. The Bertz CT molecular complexity index is 495. The van der Waals surface area contributed by atoms with Crippen molar-refractivity contribution in [1.82, 2.24) is 0 Å². The molecule has 0 atom stereocenters. The van der Waals surface area contributed by atoms with Gasteiger partial charge in [-0.2, -0.15) is 16.8 Å². The maximum absolute atomic E-state index is 12.0. The molecule has 0 heterocycles. The Morgan fingerprint density at radius 1 is 0.810 bits per heavy atom. The van der Waals surface area contributed by atoms with Crippen LogP contribution in [0.3, 0.4) is 0 Å². The first-order valence-corrected chi connectivity index (χ1v) is 10.3. The zero-order valence-electron chi connectivity index (χ0n) is 11.9. The Balaban J connectivity index is 4.46. The van der Waals surface area contributed by atoms with Crippen molar-refractivity contribution < 1.29 is 43.3 Å². The number of rotatable bonds is 12. The van der Waals surface area contributed by atoms with Crippen molar-refractivity contribution >= 4 is 28.1 Å². The molecule has 0 aromatic heterocycles. The molecule has 0 amide bonds. The van der Waals surface area contributed by atoms with Gasteiger partial charge in [0.1, 0.15) is 0 Å². The molecule has 0 aliphatic rings. The van der Waals surface area contributed by atoms with Crippen molar-refractivity contribution in [2.45, 2.75) is 6.92 Å². The molecule has 0 aromatic carbocycles. The molecule has 0 N–H and O–H groups in total. The van der Waals surface area contributed by atoms with E-state index in [2.05, 4.69) is 8.37 Å². The monoisotopic (exact) mass is 370 g/mol. The second-order valence-corrected chi connectivity index (χ2v) is 8.77. The van der Waals surface area contributed by atoms with E-state index in [1.165, 1.54) is 6.92 Å². The first kappa shape index (κ1) is 20.9. The van der Waals surface area contributed by atoms with Crippen molar-refractivity contribution in [2.24, 2.45) is 0 Å². The third-order valence-electron chi connectivity index (χ3n) is 1.96.